The molecular weight excluding hydrogens is 180 g/mol. The molecule has 0 aromatic carbocycles. The second-order valence-electron chi connectivity index (χ2n) is 3.14. The van der Waals surface area contributed by atoms with Crippen LogP contribution in [0.1, 0.15) is 23.4 Å². The highest BCUT2D eigenvalue weighted by molar-refractivity contribution is 5.90. The molecule has 1 N–H and O–H groups in total. The number of H-pyrrole nitrogens is 1. The molecule has 2 rings (SSSR count). The lowest BCUT2D eigenvalue weighted by atomic mass is 10.4. The quantitative estimate of drug-likeness (QED) is 0.689. The van der Waals surface area contributed by atoms with Gasteiger partial charge in [-0.05, 0) is 0 Å². The standard InChI is InChI=1S/C9H12N4O/c1-2-7-10-8(12-11-7)9(14)13-5-3-4-6-13/h3-4H,2,5-6H2,1H3,(H,10,11,12). The topological polar surface area (TPSA) is 61.9 Å². The van der Waals surface area contributed by atoms with Gasteiger partial charge in [-0.25, -0.2) is 4.98 Å². The van der Waals surface area contributed by atoms with Gasteiger partial charge in [-0.2, -0.15) is 0 Å². The van der Waals surface area contributed by atoms with Crippen LogP contribution in [0.15, 0.2) is 12.2 Å². The third kappa shape index (κ3) is 1.53. The summed E-state index contributed by atoms with van der Waals surface area (Å²) in [4.78, 5) is 17.5. The van der Waals surface area contributed by atoms with Crippen molar-refractivity contribution in [2.45, 2.75) is 13.3 Å². The van der Waals surface area contributed by atoms with Crippen molar-refractivity contribution in [1.82, 2.24) is 20.1 Å². The molecule has 0 saturated heterocycles. The lowest BCUT2D eigenvalue weighted by molar-refractivity contribution is 0.0788. The lowest BCUT2D eigenvalue weighted by Crippen LogP contribution is -2.29. The molecule has 0 aliphatic carbocycles. The van der Waals surface area contributed by atoms with Gasteiger partial charge < -0.3 is 4.90 Å². The maximum Gasteiger partial charge on any atom is 0.294 e. The Bertz CT molecular complexity index is 361. The smallest absolute Gasteiger partial charge is 0.294 e. The van der Waals surface area contributed by atoms with Crippen LogP contribution in [0.4, 0.5) is 0 Å². The summed E-state index contributed by atoms with van der Waals surface area (Å²) in [6.07, 6.45) is 4.69. The molecule has 0 radical (unpaired) electrons. The highest BCUT2D eigenvalue weighted by atomic mass is 16.2. The molecule has 74 valence electrons. The second-order valence-corrected chi connectivity index (χ2v) is 3.14. The molecule has 0 atom stereocenters. The van der Waals surface area contributed by atoms with E-state index in [1.807, 2.05) is 19.1 Å². The Kier molecular flexibility index (Phi) is 2.30. The van der Waals surface area contributed by atoms with Crippen LogP contribution >= 0.6 is 0 Å². The molecule has 0 bridgehead atoms. The van der Waals surface area contributed by atoms with Crippen LogP contribution in [0.2, 0.25) is 0 Å². The van der Waals surface area contributed by atoms with Gasteiger partial charge >= 0.3 is 0 Å². The number of aryl methyl sites for hydroxylation is 1. The van der Waals surface area contributed by atoms with Gasteiger partial charge in [0.15, 0.2) is 0 Å². The Morgan fingerprint density at radius 2 is 2.29 bits per heavy atom. The number of amides is 1. The zero-order chi connectivity index (χ0) is 9.97. The normalized spacial score (nSPS) is 15.1. The third-order valence-electron chi connectivity index (χ3n) is 2.16. The number of rotatable bonds is 2. The predicted molar refractivity (Wildman–Crippen MR) is 50.8 cm³/mol. The van der Waals surface area contributed by atoms with Crippen molar-refractivity contribution in [2.24, 2.45) is 0 Å². The number of nitrogens with zero attached hydrogens (tertiary/aromatic N) is 3. The summed E-state index contributed by atoms with van der Waals surface area (Å²) < 4.78 is 0. The Hall–Kier alpha value is -1.65. The fourth-order valence-corrected chi connectivity index (χ4v) is 1.33. The van der Waals surface area contributed by atoms with E-state index in [1.54, 1.807) is 4.90 Å². The molecule has 1 aromatic heterocycles. The lowest BCUT2D eigenvalue weighted by Gasteiger charge is -2.11. The van der Waals surface area contributed by atoms with E-state index < -0.39 is 0 Å². The highest BCUT2D eigenvalue weighted by Crippen LogP contribution is 2.04. The van der Waals surface area contributed by atoms with Gasteiger partial charge in [0.2, 0.25) is 5.82 Å². The number of hydrogen-bond donors (Lipinski definition) is 1. The molecule has 5 nitrogen and oxygen atoms in total. The molecular formula is C9H12N4O. The number of nitrogens with one attached hydrogen (secondary N) is 1. The van der Waals surface area contributed by atoms with Crippen LogP contribution in [0.5, 0.6) is 0 Å². The van der Waals surface area contributed by atoms with Gasteiger partial charge in [-0.3, -0.25) is 9.89 Å². The molecule has 14 heavy (non-hydrogen) atoms. The third-order valence-corrected chi connectivity index (χ3v) is 2.16. The summed E-state index contributed by atoms with van der Waals surface area (Å²) in [6, 6.07) is 0. The minimum atomic E-state index is -0.106. The largest absolute Gasteiger partial charge is 0.328 e. The van der Waals surface area contributed by atoms with E-state index in [0.29, 0.717) is 13.1 Å². The van der Waals surface area contributed by atoms with E-state index in [4.69, 9.17) is 0 Å². The Balaban J connectivity index is 2.10. The van der Waals surface area contributed by atoms with Crippen molar-refractivity contribution < 1.29 is 4.79 Å². The number of carbonyl (C=O) groups excluding carboxylic acids is 1. The maximum atomic E-state index is 11.7. The summed E-state index contributed by atoms with van der Waals surface area (Å²) in [5, 5.41) is 6.61. The minimum absolute atomic E-state index is 0.106. The summed E-state index contributed by atoms with van der Waals surface area (Å²) in [5.74, 6) is 0.914. The molecule has 0 fully saturated rings. The van der Waals surface area contributed by atoms with Gasteiger partial charge in [0.05, 0.1) is 0 Å². The van der Waals surface area contributed by atoms with E-state index in [9.17, 15) is 4.79 Å². The molecule has 2 heterocycles. The van der Waals surface area contributed by atoms with Crippen molar-refractivity contribution in [1.29, 1.82) is 0 Å². The minimum Gasteiger partial charge on any atom is -0.328 e. The number of aromatic nitrogens is 3. The first kappa shape index (κ1) is 8.93. The van der Waals surface area contributed by atoms with Gasteiger partial charge in [0, 0.05) is 19.5 Å². The van der Waals surface area contributed by atoms with Gasteiger partial charge in [0.25, 0.3) is 5.91 Å². The first-order valence-corrected chi connectivity index (χ1v) is 4.67. The van der Waals surface area contributed by atoms with E-state index in [1.165, 1.54) is 0 Å². The first-order chi connectivity index (χ1) is 6.81. The molecule has 5 heteroatoms. The molecule has 1 amide bonds. The molecule has 1 aliphatic rings. The summed E-state index contributed by atoms with van der Waals surface area (Å²) >= 11 is 0. The second kappa shape index (κ2) is 3.61. The van der Waals surface area contributed by atoms with E-state index >= 15 is 0 Å². The van der Waals surface area contributed by atoms with Gasteiger partial charge in [-0.15, -0.1) is 5.10 Å². The number of hydrogen-bond acceptors (Lipinski definition) is 3. The molecule has 1 aromatic rings. The fraction of sp³-hybridized carbons (Fsp3) is 0.444. The maximum absolute atomic E-state index is 11.7. The van der Waals surface area contributed by atoms with Crippen molar-refractivity contribution in [2.75, 3.05) is 13.1 Å². The Labute approximate surface area is 81.8 Å². The van der Waals surface area contributed by atoms with Crippen LogP contribution in [0.25, 0.3) is 0 Å². The zero-order valence-electron chi connectivity index (χ0n) is 8.03. The predicted octanol–water partition coefficient (Wildman–Crippen LogP) is 0.379. The number of aromatic amines is 1. The summed E-state index contributed by atoms with van der Waals surface area (Å²) in [5.41, 5.74) is 0. The van der Waals surface area contributed by atoms with E-state index in [0.717, 1.165) is 12.2 Å². The number of carbonyl (C=O) groups is 1. The van der Waals surface area contributed by atoms with Crippen molar-refractivity contribution in [3.63, 3.8) is 0 Å². The average Bonchev–Trinajstić information content (AvgIpc) is 2.88. The van der Waals surface area contributed by atoms with Crippen LogP contribution in [-0.4, -0.2) is 39.1 Å². The molecule has 0 unspecified atom stereocenters. The summed E-state index contributed by atoms with van der Waals surface area (Å²) in [7, 11) is 0. The Morgan fingerprint density at radius 1 is 1.57 bits per heavy atom. The average molecular weight is 192 g/mol. The molecule has 1 aliphatic heterocycles. The SMILES string of the molecule is CCc1nc(C(=O)N2CC=CC2)n[nH]1. The van der Waals surface area contributed by atoms with Gasteiger partial charge in [0.1, 0.15) is 5.82 Å². The van der Waals surface area contributed by atoms with Crippen molar-refractivity contribution in [3.8, 4) is 0 Å². The Morgan fingerprint density at radius 3 is 2.86 bits per heavy atom. The van der Waals surface area contributed by atoms with Crippen LogP contribution in [0, 0.1) is 0 Å². The van der Waals surface area contributed by atoms with Crippen LogP contribution in [0.3, 0.4) is 0 Å². The fourth-order valence-electron chi connectivity index (χ4n) is 1.33. The van der Waals surface area contributed by atoms with Crippen molar-refractivity contribution >= 4 is 5.91 Å². The highest BCUT2D eigenvalue weighted by Gasteiger charge is 2.20. The summed E-state index contributed by atoms with van der Waals surface area (Å²) in [6.45, 7) is 3.29. The van der Waals surface area contributed by atoms with E-state index in [-0.39, 0.29) is 11.7 Å². The van der Waals surface area contributed by atoms with Crippen LogP contribution in [-0.2, 0) is 6.42 Å². The molecule has 0 saturated carbocycles. The molecule has 0 spiro atoms. The van der Waals surface area contributed by atoms with Crippen molar-refractivity contribution in [3.05, 3.63) is 23.8 Å². The van der Waals surface area contributed by atoms with E-state index in [2.05, 4.69) is 15.2 Å². The monoisotopic (exact) mass is 192 g/mol. The van der Waals surface area contributed by atoms with Gasteiger partial charge in [-0.1, -0.05) is 19.1 Å². The van der Waals surface area contributed by atoms with Crippen LogP contribution < -0.4 is 0 Å². The zero-order valence-corrected chi connectivity index (χ0v) is 8.03. The first-order valence-electron chi connectivity index (χ1n) is 4.67.